The van der Waals surface area contributed by atoms with E-state index in [0.29, 0.717) is 11.5 Å². The highest BCUT2D eigenvalue weighted by Gasteiger charge is 2.30. The fourth-order valence-electron chi connectivity index (χ4n) is 3.19. The van der Waals surface area contributed by atoms with E-state index >= 15 is 0 Å². The van der Waals surface area contributed by atoms with Crippen molar-refractivity contribution in [2.24, 2.45) is 5.92 Å². The molecule has 1 saturated carbocycles. The second-order valence-corrected chi connectivity index (χ2v) is 7.04. The molecule has 2 aliphatic rings. The topological polar surface area (TPSA) is 104 Å². The van der Waals surface area contributed by atoms with Crippen LogP contribution in [0.5, 0.6) is 0 Å². The van der Waals surface area contributed by atoms with Crippen LogP contribution in [0.25, 0.3) is 16.3 Å². The molecule has 28 heavy (non-hydrogen) atoms. The van der Waals surface area contributed by atoms with E-state index in [1.54, 1.807) is 36.8 Å². The van der Waals surface area contributed by atoms with Gasteiger partial charge in [0.25, 0.3) is 5.69 Å². The fraction of sp³-hybridized carbons (Fsp3) is 0.300. The highest BCUT2D eigenvalue weighted by Crippen LogP contribution is 2.30. The quantitative estimate of drug-likeness (QED) is 0.422. The number of methoxy groups -OCH3 is 1. The number of amides is 1. The van der Waals surface area contributed by atoms with Gasteiger partial charge in [0.15, 0.2) is 0 Å². The maximum atomic E-state index is 11.9. The highest BCUT2D eigenvalue weighted by molar-refractivity contribution is 5.95. The number of carbonyl (C=O) groups is 2. The molecule has 1 aliphatic heterocycles. The van der Waals surface area contributed by atoms with Crippen molar-refractivity contribution in [3.05, 3.63) is 48.1 Å². The van der Waals surface area contributed by atoms with Crippen LogP contribution in [0.15, 0.2) is 42.4 Å². The number of pyridine rings is 2. The van der Waals surface area contributed by atoms with Crippen molar-refractivity contribution in [1.29, 1.82) is 0 Å². The van der Waals surface area contributed by atoms with Crippen molar-refractivity contribution < 1.29 is 24.3 Å². The van der Waals surface area contributed by atoms with E-state index in [9.17, 15) is 14.8 Å². The summed E-state index contributed by atoms with van der Waals surface area (Å²) in [6.07, 6.45) is 8.51. The number of anilines is 1. The molecular formula is C20H21N4O4+. The largest absolute Gasteiger partial charge is 0.467 e. The van der Waals surface area contributed by atoms with Gasteiger partial charge in [-0.2, -0.15) is 0 Å². The van der Waals surface area contributed by atoms with Crippen molar-refractivity contribution in [2.75, 3.05) is 12.4 Å². The van der Waals surface area contributed by atoms with Crippen LogP contribution >= 0.6 is 0 Å². The Balaban J connectivity index is 1.63. The Morgan fingerprint density at radius 2 is 2.11 bits per heavy atom. The molecule has 1 fully saturated rings. The summed E-state index contributed by atoms with van der Waals surface area (Å²) in [5.74, 6) is 0.166. The SMILES string of the molecule is COC(=O)C1C=C(C)C(c2cc3cnc(NC(=O)C4CC4)cc3c[n+]2O)=CN1. The van der Waals surface area contributed by atoms with Crippen LogP contribution in [0.4, 0.5) is 5.82 Å². The predicted molar refractivity (Wildman–Crippen MR) is 101 cm³/mol. The minimum Gasteiger partial charge on any atom is -0.467 e. The molecule has 144 valence electrons. The molecule has 8 nitrogen and oxygen atoms in total. The summed E-state index contributed by atoms with van der Waals surface area (Å²) in [5.41, 5.74) is 2.13. The lowest BCUT2D eigenvalue weighted by atomic mass is 9.98. The second kappa shape index (κ2) is 6.95. The number of nitrogens with one attached hydrogen (secondary N) is 2. The summed E-state index contributed by atoms with van der Waals surface area (Å²) in [7, 11) is 1.34. The Kier molecular flexibility index (Phi) is 4.46. The van der Waals surface area contributed by atoms with Crippen molar-refractivity contribution in [3.63, 3.8) is 0 Å². The molecular weight excluding hydrogens is 360 g/mol. The van der Waals surface area contributed by atoms with Crippen LogP contribution in [-0.4, -0.2) is 35.2 Å². The number of hydrogen-bond acceptors (Lipinski definition) is 6. The number of esters is 1. The first-order valence-corrected chi connectivity index (χ1v) is 9.05. The van der Waals surface area contributed by atoms with Crippen LogP contribution < -0.4 is 15.4 Å². The van der Waals surface area contributed by atoms with Gasteiger partial charge in [-0.25, -0.2) is 9.78 Å². The number of aromatic nitrogens is 2. The summed E-state index contributed by atoms with van der Waals surface area (Å²) in [6, 6.07) is 2.98. The number of carbonyl (C=O) groups excluding carboxylic acids is 2. The summed E-state index contributed by atoms with van der Waals surface area (Å²) >= 11 is 0. The van der Waals surface area contributed by atoms with E-state index < -0.39 is 6.04 Å². The van der Waals surface area contributed by atoms with Crippen LogP contribution in [-0.2, 0) is 14.3 Å². The van der Waals surface area contributed by atoms with Gasteiger partial charge in [-0.05, 0) is 37.5 Å². The van der Waals surface area contributed by atoms with Crippen molar-refractivity contribution in [1.82, 2.24) is 10.3 Å². The molecule has 1 aliphatic carbocycles. The van der Waals surface area contributed by atoms with Gasteiger partial charge in [0.2, 0.25) is 12.1 Å². The van der Waals surface area contributed by atoms with E-state index in [0.717, 1.165) is 39.5 Å². The van der Waals surface area contributed by atoms with Gasteiger partial charge in [0, 0.05) is 34.5 Å². The van der Waals surface area contributed by atoms with Gasteiger partial charge in [-0.3, -0.25) is 10.0 Å². The lowest BCUT2D eigenvalue weighted by Crippen LogP contribution is -2.38. The smallest absolute Gasteiger partial charge is 0.332 e. The number of dihydropyridines is 1. The highest BCUT2D eigenvalue weighted by atomic mass is 16.5. The summed E-state index contributed by atoms with van der Waals surface area (Å²) in [6.45, 7) is 1.86. The predicted octanol–water partition coefficient (Wildman–Crippen LogP) is 1.54. The third kappa shape index (κ3) is 3.40. The molecule has 8 heteroatoms. The summed E-state index contributed by atoms with van der Waals surface area (Å²) < 4.78 is 5.78. The summed E-state index contributed by atoms with van der Waals surface area (Å²) in [4.78, 5) is 27.9. The molecule has 0 bridgehead atoms. The monoisotopic (exact) mass is 381 g/mol. The Hall–Kier alpha value is -3.42. The molecule has 3 heterocycles. The molecule has 1 atom stereocenters. The first kappa shape index (κ1) is 18.0. The minimum atomic E-state index is -0.555. The van der Waals surface area contributed by atoms with Gasteiger partial charge < -0.3 is 15.4 Å². The Morgan fingerprint density at radius 3 is 2.79 bits per heavy atom. The van der Waals surface area contributed by atoms with Crippen LogP contribution in [0.2, 0.25) is 0 Å². The number of fused-ring (bicyclic) bond motifs is 1. The standard InChI is InChI=1S/C20H20N4O4/c1-11-5-16(20(26)28-2)21-9-15(11)17-6-13-8-22-18(7-14(13)10-24(17)27)23-19(25)12-3-4-12/h5-10,12,16,27H,3-4H2,1-2H3,(H,23,25)/p+1. The van der Waals surface area contributed by atoms with E-state index in [4.69, 9.17) is 4.74 Å². The average Bonchev–Trinajstić information content (AvgIpc) is 3.52. The van der Waals surface area contributed by atoms with Gasteiger partial charge in [-0.15, -0.1) is 0 Å². The summed E-state index contributed by atoms with van der Waals surface area (Å²) in [5, 5.41) is 17.8. The van der Waals surface area contributed by atoms with E-state index in [2.05, 4.69) is 15.6 Å². The Morgan fingerprint density at radius 1 is 1.32 bits per heavy atom. The number of nitrogens with zero attached hydrogens (tertiary/aromatic N) is 2. The lowest BCUT2D eigenvalue weighted by Gasteiger charge is -2.18. The van der Waals surface area contributed by atoms with Crippen LogP contribution in [0.3, 0.4) is 0 Å². The first-order chi connectivity index (χ1) is 13.5. The molecule has 0 spiro atoms. The molecule has 2 aromatic rings. The zero-order valence-corrected chi connectivity index (χ0v) is 15.6. The molecule has 3 N–H and O–H groups in total. The third-order valence-corrected chi connectivity index (χ3v) is 4.95. The van der Waals surface area contributed by atoms with E-state index in [1.165, 1.54) is 7.11 Å². The van der Waals surface area contributed by atoms with Gasteiger partial charge in [0.05, 0.1) is 18.1 Å². The van der Waals surface area contributed by atoms with E-state index in [-0.39, 0.29) is 17.8 Å². The Bertz CT molecular complexity index is 1040. The molecule has 0 saturated heterocycles. The van der Waals surface area contributed by atoms with Crippen molar-refractivity contribution >= 4 is 34.0 Å². The zero-order valence-electron chi connectivity index (χ0n) is 15.6. The normalized spacial score (nSPS) is 18.7. The lowest BCUT2D eigenvalue weighted by molar-refractivity contribution is -0.905. The van der Waals surface area contributed by atoms with Crippen LogP contribution in [0.1, 0.15) is 25.5 Å². The van der Waals surface area contributed by atoms with Gasteiger partial charge >= 0.3 is 5.97 Å². The van der Waals surface area contributed by atoms with Crippen LogP contribution in [0, 0.1) is 5.92 Å². The molecule has 0 radical (unpaired) electrons. The number of hydrogen-bond donors (Lipinski definition) is 3. The maximum Gasteiger partial charge on any atom is 0.332 e. The minimum absolute atomic E-state index is 0.0142. The van der Waals surface area contributed by atoms with Gasteiger partial charge in [-0.1, -0.05) is 0 Å². The number of ether oxygens (including phenoxy) is 1. The molecule has 4 rings (SSSR count). The average molecular weight is 381 g/mol. The van der Waals surface area contributed by atoms with Crippen molar-refractivity contribution in [3.8, 4) is 0 Å². The molecule has 2 aromatic heterocycles. The van der Waals surface area contributed by atoms with Gasteiger partial charge in [0.1, 0.15) is 11.9 Å². The molecule has 1 unspecified atom stereocenters. The molecule has 1 amide bonds. The van der Waals surface area contributed by atoms with Crippen molar-refractivity contribution in [2.45, 2.75) is 25.8 Å². The fourth-order valence-corrected chi connectivity index (χ4v) is 3.19. The second-order valence-electron chi connectivity index (χ2n) is 7.04. The van der Waals surface area contributed by atoms with E-state index in [1.807, 2.05) is 6.92 Å². The third-order valence-electron chi connectivity index (χ3n) is 4.95. The number of allylic oxidation sites excluding steroid dienone is 2. The zero-order chi connectivity index (χ0) is 19.8. The molecule has 0 aromatic carbocycles. The number of rotatable bonds is 4. The maximum absolute atomic E-state index is 11.9. The Labute approximate surface area is 161 Å². The first-order valence-electron chi connectivity index (χ1n) is 9.05.